The monoisotopic (exact) mass is 355 g/mol. The third kappa shape index (κ3) is 3.33. The van der Waals surface area contributed by atoms with Crippen molar-refractivity contribution in [1.82, 2.24) is 5.32 Å². The van der Waals surface area contributed by atoms with Crippen molar-refractivity contribution in [2.75, 3.05) is 13.7 Å². The molecule has 0 saturated carbocycles. The van der Waals surface area contributed by atoms with Crippen molar-refractivity contribution in [3.8, 4) is 0 Å². The summed E-state index contributed by atoms with van der Waals surface area (Å²) in [7, 11) is 1.29. The van der Waals surface area contributed by atoms with E-state index in [-0.39, 0.29) is 17.6 Å². The number of benzene rings is 1. The summed E-state index contributed by atoms with van der Waals surface area (Å²) in [6.07, 6.45) is 0. The zero-order chi connectivity index (χ0) is 15.4. The van der Waals surface area contributed by atoms with Gasteiger partial charge in [-0.1, -0.05) is 19.1 Å². The first-order valence-corrected chi connectivity index (χ1v) is 7.23. The van der Waals surface area contributed by atoms with Crippen molar-refractivity contribution in [3.05, 3.63) is 57.7 Å². The predicted octanol–water partition coefficient (Wildman–Crippen LogP) is 3.67. The van der Waals surface area contributed by atoms with Crippen LogP contribution in [0.3, 0.4) is 0 Å². The van der Waals surface area contributed by atoms with E-state index < -0.39 is 5.97 Å². The van der Waals surface area contributed by atoms with Crippen molar-refractivity contribution in [3.63, 3.8) is 0 Å². The molecule has 0 spiro atoms. The van der Waals surface area contributed by atoms with Crippen molar-refractivity contribution in [2.24, 2.45) is 0 Å². The molecular weight excluding hydrogens is 341 g/mol. The average Bonchev–Trinajstić information content (AvgIpc) is 2.97. The second kappa shape index (κ2) is 6.87. The van der Waals surface area contributed by atoms with Gasteiger partial charge in [0.25, 0.3) is 0 Å². The fraction of sp³-hybridized carbons (Fsp3) is 0.267. The van der Waals surface area contributed by atoms with Gasteiger partial charge in [-0.25, -0.2) is 9.18 Å². The second-order valence-electron chi connectivity index (χ2n) is 4.33. The van der Waals surface area contributed by atoms with Gasteiger partial charge >= 0.3 is 5.97 Å². The molecule has 0 saturated heterocycles. The summed E-state index contributed by atoms with van der Waals surface area (Å²) in [6.45, 7) is 2.59. The van der Waals surface area contributed by atoms with Crippen molar-refractivity contribution < 1.29 is 18.3 Å². The van der Waals surface area contributed by atoms with Gasteiger partial charge in [-0.15, -0.1) is 0 Å². The molecule has 0 aliphatic heterocycles. The van der Waals surface area contributed by atoms with E-state index >= 15 is 0 Å². The number of nitrogens with one attached hydrogen (secondary N) is 1. The maximum Gasteiger partial charge on any atom is 0.373 e. The number of esters is 1. The molecule has 0 aliphatic rings. The first-order valence-electron chi connectivity index (χ1n) is 6.43. The number of carbonyl (C=O) groups is 1. The minimum Gasteiger partial charge on any atom is -0.463 e. The molecule has 1 N–H and O–H groups in total. The summed E-state index contributed by atoms with van der Waals surface area (Å²) in [5, 5.41) is 3.21. The van der Waals surface area contributed by atoms with Crippen molar-refractivity contribution in [1.29, 1.82) is 0 Å². The molecule has 0 aliphatic carbocycles. The Hall–Kier alpha value is -1.66. The van der Waals surface area contributed by atoms with Gasteiger partial charge in [0.15, 0.2) is 0 Å². The van der Waals surface area contributed by atoms with E-state index in [9.17, 15) is 9.18 Å². The Kier molecular flexibility index (Phi) is 5.14. The van der Waals surface area contributed by atoms with Gasteiger partial charge in [-0.2, -0.15) is 0 Å². The van der Waals surface area contributed by atoms with Crippen molar-refractivity contribution >= 4 is 21.9 Å². The third-order valence-electron chi connectivity index (χ3n) is 3.00. The number of hydrogen-bond donors (Lipinski definition) is 1. The summed E-state index contributed by atoms with van der Waals surface area (Å²) < 4.78 is 24.2. The van der Waals surface area contributed by atoms with Crippen LogP contribution < -0.4 is 5.32 Å². The van der Waals surface area contributed by atoms with Gasteiger partial charge in [-0.3, -0.25) is 0 Å². The van der Waals surface area contributed by atoms with Crippen LogP contribution in [0.1, 0.15) is 34.8 Å². The molecule has 1 heterocycles. The lowest BCUT2D eigenvalue weighted by Crippen LogP contribution is -2.22. The van der Waals surface area contributed by atoms with E-state index in [0.29, 0.717) is 22.3 Å². The van der Waals surface area contributed by atoms with E-state index in [1.807, 2.05) is 6.92 Å². The molecule has 1 aromatic carbocycles. The molecule has 2 aromatic rings. The third-order valence-corrected chi connectivity index (χ3v) is 3.84. The van der Waals surface area contributed by atoms with Gasteiger partial charge in [0.05, 0.1) is 17.6 Å². The Morgan fingerprint density at radius 1 is 1.43 bits per heavy atom. The van der Waals surface area contributed by atoms with Crippen LogP contribution in [0, 0.1) is 5.82 Å². The lowest BCUT2D eigenvalue weighted by atomic mass is 10.0. The van der Waals surface area contributed by atoms with Gasteiger partial charge in [-0.05, 0) is 46.2 Å². The molecule has 112 valence electrons. The molecule has 6 heteroatoms. The molecule has 2 rings (SSSR count). The number of halogens is 2. The molecule has 1 aromatic heterocycles. The number of carbonyl (C=O) groups excluding carboxylic acids is 1. The van der Waals surface area contributed by atoms with Crippen LogP contribution in [0.4, 0.5) is 4.39 Å². The molecule has 0 bridgehead atoms. The maximum atomic E-state index is 13.7. The SMILES string of the molecule is CCNC(c1ccc(C(=O)OC)o1)c1cccc(F)c1Br. The van der Waals surface area contributed by atoms with E-state index in [1.54, 1.807) is 24.3 Å². The minimum atomic E-state index is -0.546. The van der Waals surface area contributed by atoms with Crippen LogP contribution >= 0.6 is 15.9 Å². The number of furan rings is 1. The Bertz CT molecular complexity index is 642. The van der Waals surface area contributed by atoms with Crippen LogP contribution in [0.2, 0.25) is 0 Å². The molecule has 1 atom stereocenters. The summed E-state index contributed by atoms with van der Waals surface area (Å²) in [5.74, 6) is -0.267. The molecule has 4 nitrogen and oxygen atoms in total. The van der Waals surface area contributed by atoms with E-state index in [2.05, 4.69) is 26.0 Å². The standard InChI is InChI=1S/C15H15BrFNO3/c1-3-18-14(9-5-4-6-10(17)13(9)16)11-7-8-12(21-11)15(19)20-2/h4-8,14,18H,3H2,1-2H3. The Morgan fingerprint density at radius 3 is 2.86 bits per heavy atom. The topological polar surface area (TPSA) is 51.5 Å². The highest BCUT2D eigenvalue weighted by Crippen LogP contribution is 2.31. The Morgan fingerprint density at radius 2 is 2.19 bits per heavy atom. The average molecular weight is 356 g/mol. The van der Waals surface area contributed by atoms with Crippen molar-refractivity contribution in [2.45, 2.75) is 13.0 Å². The van der Waals surface area contributed by atoms with Gasteiger partial charge in [0.1, 0.15) is 11.6 Å². The molecular formula is C15H15BrFNO3. The number of rotatable bonds is 5. The van der Waals surface area contributed by atoms with Crippen LogP contribution in [0.25, 0.3) is 0 Å². The summed E-state index contributed by atoms with van der Waals surface area (Å²) >= 11 is 3.25. The van der Waals surface area contributed by atoms with E-state index in [1.165, 1.54) is 13.2 Å². The molecule has 0 radical (unpaired) electrons. The fourth-order valence-electron chi connectivity index (χ4n) is 2.03. The second-order valence-corrected chi connectivity index (χ2v) is 5.12. The van der Waals surface area contributed by atoms with Gasteiger partial charge in [0.2, 0.25) is 5.76 Å². The number of hydrogen-bond acceptors (Lipinski definition) is 4. The summed E-state index contributed by atoms with van der Waals surface area (Å²) in [4.78, 5) is 11.5. The first-order chi connectivity index (χ1) is 10.1. The number of methoxy groups -OCH3 is 1. The first kappa shape index (κ1) is 15.7. The highest BCUT2D eigenvalue weighted by molar-refractivity contribution is 9.10. The highest BCUT2D eigenvalue weighted by atomic mass is 79.9. The molecule has 21 heavy (non-hydrogen) atoms. The lowest BCUT2D eigenvalue weighted by Gasteiger charge is -2.17. The van der Waals surface area contributed by atoms with E-state index in [0.717, 1.165) is 0 Å². The highest BCUT2D eigenvalue weighted by Gasteiger charge is 2.22. The van der Waals surface area contributed by atoms with Crippen LogP contribution in [0.15, 0.2) is 39.2 Å². The smallest absolute Gasteiger partial charge is 0.373 e. The van der Waals surface area contributed by atoms with Crippen LogP contribution in [-0.4, -0.2) is 19.6 Å². The Labute approximate surface area is 130 Å². The summed E-state index contributed by atoms with van der Waals surface area (Å²) in [6, 6.07) is 7.65. The minimum absolute atomic E-state index is 0.114. The van der Waals surface area contributed by atoms with Crippen LogP contribution in [0.5, 0.6) is 0 Å². The zero-order valence-corrected chi connectivity index (χ0v) is 13.2. The Balaban J connectivity index is 2.41. The fourth-order valence-corrected chi connectivity index (χ4v) is 2.52. The quantitative estimate of drug-likeness (QED) is 0.831. The van der Waals surface area contributed by atoms with Gasteiger partial charge < -0.3 is 14.5 Å². The number of ether oxygens (including phenoxy) is 1. The zero-order valence-electron chi connectivity index (χ0n) is 11.7. The largest absolute Gasteiger partial charge is 0.463 e. The summed E-state index contributed by atoms with van der Waals surface area (Å²) in [5.41, 5.74) is 0.697. The molecule has 1 unspecified atom stereocenters. The lowest BCUT2D eigenvalue weighted by molar-refractivity contribution is 0.0562. The molecule has 0 fully saturated rings. The normalized spacial score (nSPS) is 12.2. The predicted molar refractivity (Wildman–Crippen MR) is 79.7 cm³/mol. The van der Waals surface area contributed by atoms with E-state index in [4.69, 9.17) is 4.42 Å². The van der Waals surface area contributed by atoms with Gasteiger partial charge in [0, 0.05) is 0 Å². The van der Waals surface area contributed by atoms with Crippen LogP contribution in [-0.2, 0) is 4.74 Å². The molecule has 0 amide bonds. The maximum absolute atomic E-state index is 13.7.